The number of pyridine rings is 3. The van der Waals surface area contributed by atoms with E-state index in [1.807, 2.05) is 30.7 Å². The van der Waals surface area contributed by atoms with Gasteiger partial charge in [0.15, 0.2) is 0 Å². The van der Waals surface area contributed by atoms with Crippen molar-refractivity contribution in [2.75, 3.05) is 31.7 Å². The summed E-state index contributed by atoms with van der Waals surface area (Å²) >= 11 is 0. The normalized spacial score (nSPS) is 27.3. The van der Waals surface area contributed by atoms with Crippen molar-refractivity contribution in [3.05, 3.63) is 66.2 Å². The van der Waals surface area contributed by atoms with Crippen LogP contribution in [0, 0.1) is 33.5 Å². The molecule has 3 saturated heterocycles. The molecule has 210 valence electrons. The van der Waals surface area contributed by atoms with Gasteiger partial charge in [0.25, 0.3) is 0 Å². The predicted octanol–water partition coefficient (Wildman–Crippen LogP) is 4.21. The highest BCUT2D eigenvalue weighted by atomic mass is 16.5. The monoisotopic (exact) mass is 558 g/mol. The van der Waals surface area contributed by atoms with E-state index in [0.29, 0.717) is 35.9 Å². The van der Waals surface area contributed by atoms with Gasteiger partial charge in [0, 0.05) is 66.7 Å². The lowest BCUT2D eigenvalue weighted by molar-refractivity contribution is -0.181. The molecule has 42 heavy (non-hydrogen) atoms. The molecular weight excluding hydrogens is 528 g/mol. The van der Waals surface area contributed by atoms with Crippen LogP contribution in [0.15, 0.2) is 55.1 Å². The van der Waals surface area contributed by atoms with Crippen LogP contribution >= 0.6 is 0 Å². The number of fused-ring (bicyclic) bond motifs is 3. The molecule has 3 aliphatic carbocycles. The Balaban J connectivity index is 0.985. The van der Waals surface area contributed by atoms with Crippen molar-refractivity contribution in [2.45, 2.75) is 44.3 Å². The molecule has 2 atom stereocenters. The number of piperazine rings is 1. The molecule has 0 radical (unpaired) electrons. The second kappa shape index (κ2) is 9.17. The van der Waals surface area contributed by atoms with Crippen molar-refractivity contribution >= 4 is 11.3 Å². The van der Waals surface area contributed by atoms with E-state index in [4.69, 9.17) is 14.5 Å². The number of nitrogens with zero attached hydrogens (tertiary/aromatic N) is 8. The van der Waals surface area contributed by atoms with E-state index in [1.165, 1.54) is 12.0 Å². The van der Waals surface area contributed by atoms with Gasteiger partial charge >= 0.3 is 0 Å². The molecule has 6 aliphatic rings. The van der Waals surface area contributed by atoms with Gasteiger partial charge in [-0.1, -0.05) is 6.07 Å². The zero-order chi connectivity index (χ0) is 28.5. The number of methoxy groups -OCH3 is 1. The van der Waals surface area contributed by atoms with Crippen LogP contribution in [0.4, 0.5) is 5.82 Å². The van der Waals surface area contributed by atoms with Gasteiger partial charge in [0.05, 0.1) is 48.7 Å². The van der Waals surface area contributed by atoms with E-state index in [1.54, 1.807) is 17.8 Å². The quantitative estimate of drug-likeness (QED) is 0.314. The summed E-state index contributed by atoms with van der Waals surface area (Å²) in [6, 6.07) is 15.9. The molecule has 4 bridgehead atoms. The SMILES string of the molecule is COc1ccc(CN2C3CC2CN(c2ccc(-c4cc(OCC56CC(C#N)(C5)C6)cn5ncc(C#N)c45)cn2)C3)cn1. The Morgan fingerprint density at radius 3 is 2.52 bits per heavy atom. The number of nitriles is 2. The average Bonchev–Trinajstić information content (AvgIpc) is 3.42. The number of rotatable bonds is 8. The minimum atomic E-state index is -0.100. The first kappa shape index (κ1) is 25.1. The van der Waals surface area contributed by atoms with Crippen LogP contribution in [-0.2, 0) is 6.54 Å². The summed E-state index contributed by atoms with van der Waals surface area (Å²) in [5.74, 6) is 2.31. The summed E-state index contributed by atoms with van der Waals surface area (Å²) in [5, 5.41) is 23.5. The molecule has 3 saturated carbocycles. The van der Waals surface area contributed by atoms with E-state index < -0.39 is 0 Å². The third-order valence-electron chi connectivity index (χ3n) is 9.73. The molecule has 3 aliphatic heterocycles. The van der Waals surface area contributed by atoms with Crippen molar-refractivity contribution in [3.63, 3.8) is 0 Å². The maximum atomic E-state index is 9.75. The van der Waals surface area contributed by atoms with Crippen molar-refractivity contribution in [1.82, 2.24) is 24.5 Å². The van der Waals surface area contributed by atoms with E-state index in [0.717, 1.165) is 61.4 Å². The minimum Gasteiger partial charge on any atom is -0.491 e. The largest absolute Gasteiger partial charge is 0.491 e. The number of ether oxygens (including phenoxy) is 2. The number of hydrogen-bond donors (Lipinski definition) is 0. The number of piperidine rings is 1. The Hall–Kier alpha value is -4.67. The van der Waals surface area contributed by atoms with Gasteiger partial charge in [0.1, 0.15) is 17.6 Å². The first-order valence-electron chi connectivity index (χ1n) is 14.4. The molecule has 2 unspecified atom stereocenters. The van der Waals surface area contributed by atoms with Crippen LogP contribution in [0.25, 0.3) is 16.6 Å². The summed E-state index contributed by atoms with van der Waals surface area (Å²) in [7, 11) is 1.63. The molecular formula is C32H30N8O2. The number of anilines is 1. The summed E-state index contributed by atoms with van der Waals surface area (Å²) in [6.45, 7) is 3.37. The maximum absolute atomic E-state index is 9.75. The van der Waals surface area contributed by atoms with Gasteiger partial charge in [-0.15, -0.1) is 0 Å². The lowest BCUT2D eigenvalue weighted by atomic mass is 9.36. The Morgan fingerprint density at radius 2 is 1.86 bits per heavy atom. The predicted molar refractivity (Wildman–Crippen MR) is 154 cm³/mol. The second-order valence-electron chi connectivity index (χ2n) is 12.5. The van der Waals surface area contributed by atoms with Gasteiger partial charge in [-0.05, 0) is 49.4 Å². The van der Waals surface area contributed by atoms with Gasteiger partial charge in [-0.2, -0.15) is 15.6 Å². The smallest absolute Gasteiger partial charge is 0.212 e. The van der Waals surface area contributed by atoms with E-state index in [-0.39, 0.29) is 10.8 Å². The minimum absolute atomic E-state index is 0.100. The van der Waals surface area contributed by atoms with Crippen LogP contribution < -0.4 is 14.4 Å². The average molecular weight is 559 g/mol. The number of aromatic nitrogens is 4. The van der Waals surface area contributed by atoms with Crippen LogP contribution in [0.2, 0.25) is 0 Å². The molecule has 10 nitrogen and oxygen atoms in total. The van der Waals surface area contributed by atoms with Crippen LogP contribution in [-0.4, -0.2) is 63.4 Å². The zero-order valence-electron chi connectivity index (χ0n) is 23.4. The fourth-order valence-electron chi connectivity index (χ4n) is 7.68. The van der Waals surface area contributed by atoms with Crippen LogP contribution in [0.5, 0.6) is 11.6 Å². The molecule has 10 heteroatoms. The maximum Gasteiger partial charge on any atom is 0.212 e. The van der Waals surface area contributed by atoms with Crippen molar-refractivity contribution < 1.29 is 9.47 Å². The Bertz CT molecular complexity index is 1740. The first-order chi connectivity index (χ1) is 20.5. The Kier molecular flexibility index (Phi) is 5.47. The molecule has 6 fully saturated rings. The zero-order valence-corrected chi connectivity index (χ0v) is 23.4. The molecule has 0 aromatic carbocycles. The molecule has 4 aromatic rings. The van der Waals surface area contributed by atoms with Crippen molar-refractivity contribution in [3.8, 4) is 34.9 Å². The molecule has 0 N–H and O–H groups in total. The van der Waals surface area contributed by atoms with Crippen LogP contribution in [0.3, 0.4) is 0 Å². The second-order valence-corrected chi connectivity index (χ2v) is 12.5. The third kappa shape index (κ3) is 3.90. The van der Waals surface area contributed by atoms with Gasteiger partial charge in [0.2, 0.25) is 5.88 Å². The van der Waals surface area contributed by atoms with Gasteiger partial charge < -0.3 is 14.4 Å². The van der Waals surface area contributed by atoms with Crippen molar-refractivity contribution in [1.29, 1.82) is 10.5 Å². The molecule has 7 heterocycles. The highest BCUT2D eigenvalue weighted by Crippen LogP contribution is 2.72. The van der Waals surface area contributed by atoms with E-state index >= 15 is 0 Å². The fourth-order valence-corrected chi connectivity index (χ4v) is 7.68. The lowest BCUT2D eigenvalue weighted by Gasteiger charge is -2.66. The topological polar surface area (TPSA) is 116 Å². The van der Waals surface area contributed by atoms with Gasteiger partial charge in [-0.25, -0.2) is 14.5 Å². The highest BCUT2D eigenvalue weighted by molar-refractivity contribution is 5.85. The first-order valence-corrected chi connectivity index (χ1v) is 14.4. The van der Waals surface area contributed by atoms with Crippen molar-refractivity contribution in [2.24, 2.45) is 10.8 Å². The van der Waals surface area contributed by atoms with E-state index in [9.17, 15) is 10.5 Å². The summed E-state index contributed by atoms with van der Waals surface area (Å²) in [6.07, 6.45) is 11.2. The molecule has 10 rings (SSSR count). The standard InChI is InChI=1S/C32H30N8O2/c1-41-29-5-2-21(9-36-29)12-39-24-6-25(39)14-38(13-24)28-4-3-22(10-35-28)27-7-26(15-40-30(27)23(8-33)11-37-40)42-20-32-16-31(17-32,18-32)19-34/h2-5,7,9-11,15,24-25H,6,12-14,16-18,20H2,1H3. The summed E-state index contributed by atoms with van der Waals surface area (Å²) < 4.78 is 13.2. The Morgan fingerprint density at radius 1 is 1.02 bits per heavy atom. The lowest BCUT2D eigenvalue weighted by Crippen LogP contribution is -2.68. The van der Waals surface area contributed by atoms with Crippen LogP contribution in [0.1, 0.15) is 36.8 Å². The number of hydrogen-bond acceptors (Lipinski definition) is 9. The fraction of sp³-hybridized carbons (Fsp3) is 0.406. The molecule has 0 spiro atoms. The summed E-state index contributed by atoms with van der Waals surface area (Å²) in [4.78, 5) is 14.2. The third-order valence-corrected chi connectivity index (χ3v) is 9.73. The van der Waals surface area contributed by atoms with Gasteiger partial charge in [-0.3, -0.25) is 4.90 Å². The Labute approximate surface area is 243 Å². The molecule has 0 amide bonds. The highest BCUT2D eigenvalue weighted by Gasteiger charge is 2.68. The van der Waals surface area contributed by atoms with E-state index in [2.05, 4.69) is 50.2 Å². The summed E-state index contributed by atoms with van der Waals surface area (Å²) in [5.41, 5.74) is 4.27. The molecule has 4 aromatic heterocycles.